The summed E-state index contributed by atoms with van der Waals surface area (Å²) in [5, 5.41) is 14.9. The van der Waals surface area contributed by atoms with Gasteiger partial charge in [-0.05, 0) is 36.2 Å². The molecule has 1 atom stereocenters. The molecule has 0 spiro atoms. The van der Waals surface area contributed by atoms with Gasteiger partial charge in [0.1, 0.15) is 6.04 Å². The number of hydroxylamine groups is 1. The van der Waals surface area contributed by atoms with Gasteiger partial charge >= 0.3 is 0 Å². The van der Waals surface area contributed by atoms with E-state index in [9.17, 15) is 9.59 Å². The Morgan fingerprint density at radius 1 is 1.00 bits per heavy atom. The van der Waals surface area contributed by atoms with Gasteiger partial charge < -0.3 is 10.6 Å². The Hall–Kier alpha value is -4.07. The van der Waals surface area contributed by atoms with Gasteiger partial charge in [-0.25, -0.2) is 5.48 Å². The maximum Gasteiger partial charge on any atom is 0.267 e. The van der Waals surface area contributed by atoms with Crippen molar-refractivity contribution in [1.29, 1.82) is 0 Å². The minimum Gasteiger partial charge on any atom is -0.324 e. The van der Waals surface area contributed by atoms with E-state index in [-0.39, 0.29) is 5.91 Å². The van der Waals surface area contributed by atoms with Crippen molar-refractivity contribution < 1.29 is 14.8 Å². The van der Waals surface area contributed by atoms with Gasteiger partial charge in [-0.1, -0.05) is 72.8 Å². The van der Waals surface area contributed by atoms with E-state index >= 15 is 0 Å². The number of benzodiazepines with no additional fused rings is 1. The molecule has 4 rings (SSSR count). The average molecular weight is 455 g/mol. The van der Waals surface area contributed by atoms with Crippen LogP contribution in [0.5, 0.6) is 0 Å². The number of carbonyl (C=O) groups is 2. The number of benzene rings is 3. The molecule has 0 aromatic heterocycles. The SMILES string of the molecule is O=C(/C=C/c1ccc(CNCCC2N=C(c3ccccc3)c3ccccc3NC2=O)cc1)NO. The lowest BCUT2D eigenvalue weighted by Crippen LogP contribution is -2.29. The highest BCUT2D eigenvalue weighted by atomic mass is 16.5. The van der Waals surface area contributed by atoms with Crippen LogP contribution < -0.4 is 16.1 Å². The molecule has 3 aromatic carbocycles. The van der Waals surface area contributed by atoms with E-state index in [1.165, 1.54) is 6.08 Å². The molecule has 34 heavy (non-hydrogen) atoms. The second-order valence-electron chi connectivity index (χ2n) is 7.91. The molecule has 1 unspecified atom stereocenters. The van der Waals surface area contributed by atoms with Gasteiger partial charge in [-0.3, -0.25) is 19.8 Å². The lowest BCUT2D eigenvalue weighted by molar-refractivity contribution is -0.124. The summed E-state index contributed by atoms with van der Waals surface area (Å²) in [5.74, 6) is -0.683. The van der Waals surface area contributed by atoms with Crippen LogP contribution in [0.4, 0.5) is 5.69 Å². The summed E-state index contributed by atoms with van der Waals surface area (Å²) in [6.45, 7) is 1.27. The van der Waals surface area contributed by atoms with Gasteiger partial charge in [0.15, 0.2) is 0 Å². The molecule has 7 heteroatoms. The van der Waals surface area contributed by atoms with E-state index in [1.807, 2.05) is 78.9 Å². The third-order valence-electron chi connectivity index (χ3n) is 5.52. The summed E-state index contributed by atoms with van der Waals surface area (Å²) in [6, 6.07) is 24.9. The van der Waals surface area contributed by atoms with E-state index < -0.39 is 11.9 Å². The van der Waals surface area contributed by atoms with Crippen LogP contribution in [0.2, 0.25) is 0 Å². The Morgan fingerprint density at radius 3 is 2.50 bits per heavy atom. The molecule has 7 nitrogen and oxygen atoms in total. The van der Waals surface area contributed by atoms with Gasteiger partial charge in [0.05, 0.1) is 11.4 Å². The standard InChI is InChI=1S/C27H26N4O3/c32-25(31-34)15-14-19-10-12-20(13-11-19)18-28-17-16-24-27(33)30-23-9-5-4-8-22(23)26(29-24)21-6-2-1-3-7-21/h1-15,24,28,34H,16-18H2,(H,30,33)(H,31,32)/b15-14+. The lowest BCUT2D eigenvalue weighted by atomic mass is 10.0. The molecule has 0 fully saturated rings. The number of aliphatic imine (C=N–C) groups is 1. The van der Waals surface area contributed by atoms with Gasteiger partial charge in [-0.2, -0.15) is 0 Å². The van der Waals surface area contributed by atoms with Crippen molar-refractivity contribution in [2.45, 2.75) is 19.0 Å². The smallest absolute Gasteiger partial charge is 0.267 e. The number of hydrogen-bond donors (Lipinski definition) is 4. The first-order valence-electron chi connectivity index (χ1n) is 11.1. The zero-order valence-electron chi connectivity index (χ0n) is 18.6. The molecule has 0 aliphatic carbocycles. The molecule has 1 aliphatic rings. The van der Waals surface area contributed by atoms with Crippen LogP contribution in [0.3, 0.4) is 0 Å². The van der Waals surface area contributed by atoms with E-state index in [0.717, 1.165) is 33.7 Å². The first-order valence-corrected chi connectivity index (χ1v) is 11.1. The highest BCUT2D eigenvalue weighted by Crippen LogP contribution is 2.24. The maximum atomic E-state index is 12.9. The molecule has 0 radical (unpaired) electrons. The van der Waals surface area contributed by atoms with Crippen LogP contribution in [0, 0.1) is 0 Å². The van der Waals surface area contributed by atoms with Crippen LogP contribution in [0.25, 0.3) is 6.08 Å². The van der Waals surface area contributed by atoms with E-state index in [4.69, 9.17) is 10.2 Å². The number of nitrogens with one attached hydrogen (secondary N) is 3. The fourth-order valence-electron chi connectivity index (χ4n) is 3.75. The summed E-state index contributed by atoms with van der Waals surface area (Å²) < 4.78 is 0. The van der Waals surface area contributed by atoms with E-state index in [2.05, 4.69) is 10.6 Å². The Labute approximate surface area is 198 Å². The molecule has 2 amide bonds. The number of carbonyl (C=O) groups excluding carboxylic acids is 2. The number of para-hydroxylation sites is 1. The Balaban J connectivity index is 1.39. The predicted octanol–water partition coefficient (Wildman–Crippen LogP) is 3.54. The minimum atomic E-state index is -0.575. The molecule has 172 valence electrons. The average Bonchev–Trinajstić information content (AvgIpc) is 3.02. The first kappa shape index (κ1) is 23.1. The lowest BCUT2D eigenvalue weighted by Gasteiger charge is -2.12. The maximum absolute atomic E-state index is 12.9. The van der Waals surface area contributed by atoms with E-state index in [0.29, 0.717) is 19.5 Å². The van der Waals surface area contributed by atoms with Gasteiger partial charge in [0, 0.05) is 23.7 Å². The predicted molar refractivity (Wildman–Crippen MR) is 133 cm³/mol. The van der Waals surface area contributed by atoms with Crippen molar-refractivity contribution in [3.05, 3.63) is 107 Å². The van der Waals surface area contributed by atoms with Crippen LogP contribution >= 0.6 is 0 Å². The van der Waals surface area contributed by atoms with Crippen molar-refractivity contribution in [3.8, 4) is 0 Å². The fourth-order valence-corrected chi connectivity index (χ4v) is 3.75. The highest BCUT2D eigenvalue weighted by Gasteiger charge is 2.25. The molecule has 3 aromatic rings. The minimum absolute atomic E-state index is 0.108. The van der Waals surface area contributed by atoms with Crippen LogP contribution in [0.1, 0.15) is 28.7 Å². The Morgan fingerprint density at radius 2 is 1.74 bits per heavy atom. The fraction of sp³-hybridized carbons (Fsp3) is 0.148. The van der Waals surface area contributed by atoms with Gasteiger partial charge in [-0.15, -0.1) is 0 Å². The van der Waals surface area contributed by atoms with Crippen molar-refractivity contribution in [1.82, 2.24) is 10.8 Å². The molecule has 1 heterocycles. The Kier molecular flexibility index (Phi) is 7.60. The zero-order valence-corrected chi connectivity index (χ0v) is 18.6. The van der Waals surface area contributed by atoms with Crippen molar-refractivity contribution >= 4 is 29.3 Å². The zero-order chi connectivity index (χ0) is 23.8. The van der Waals surface area contributed by atoms with Crippen molar-refractivity contribution in [2.75, 3.05) is 11.9 Å². The second kappa shape index (κ2) is 11.2. The molecule has 0 saturated heterocycles. The second-order valence-corrected chi connectivity index (χ2v) is 7.91. The highest BCUT2D eigenvalue weighted by molar-refractivity contribution is 6.19. The topological polar surface area (TPSA) is 103 Å². The van der Waals surface area contributed by atoms with Gasteiger partial charge in [0.2, 0.25) is 5.91 Å². The molecule has 0 bridgehead atoms. The number of fused-ring (bicyclic) bond motifs is 1. The summed E-state index contributed by atoms with van der Waals surface area (Å²) in [6.07, 6.45) is 3.44. The number of rotatable bonds is 8. The molecule has 1 aliphatic heterocycles. The summed E-state index contributed by atoms with van der Waals surface area (Å²) in [5.41, 5.74) is 6.98. The molecule has 0 saturated carbocycles. The normalized spacial score (nSPS) is 15.3. The van der Waals surface area contributed by atoms with Crippen molar-refractivity contribution in [3.63, 3.8) is 0 Å². The van der Waals surface area contributed by atoms with Crippen molar-refractivity contribution in [2.24, 2.45) is 4.99 Å². The molecular formula is C27H26N4O3. The van der Waals surface area contributed by atoms with Crippen LogP contribution in [-0.2, 0) is 16.1 Å². The van der Waals surface area contributed by atoms with Crippen LogP contribution in [0.15, 0.2) is 89.9 Å². The van der Waals surface area contributed by atoms with Crippen LogP contribution in [-0.4, -0.2) is 35.3 Å². The third-order valence-corrected chi connectivity index (χ3v) is 5.52. The summed E-state index contributed by atoms with van der Waals surface area (Å²) in [4.78, 5) is 28.8. The quantitative estimate of drug-likeness (QED) is 0.181. The third kappa shape index (κ3) is 5.83. The molecular weight excluding hydrogens is 428 g/mol. The monoisotopic (exact) mass is 454 g/mol. The first-order chi connectivity index (χ1) is 16.6. The Bertz CT molecular complexity index is 1200. The van der Waals surface area contributed by atoms with Gasteiger partial charge in [0.25, 0.3) is 5.91 Å². The van der Waals surface area contributed by atoms with E-state index in [1.54, 1.807) is 11.6 Å². The number of anilines is 1. The summed E-state index contributed by atoms with van der Waals surface area (Å²) in [7, 11) is 0. The number of amides is 2. The largest absolute Gasteiger partial charge is 0.324 e. The number of hydrogen-bond acceptors (Lipinski definition) is 5. The molecule has 4 N–H and O–H groups in total. The summed E-state index contributed by atoms with van der Waals surface area (Å²) >= 11 is 0. The number of nitrogens with zero attached hydrogens (tertiary/aromatic N) is 1.